The van der Waals surface area contributed by atoms with E-state index in [1.54, 1.807) is 0 Å². The van der Waals surface area contributed by atoms with Gasteiger partial charge in [0.05, 0.1) is 0 Å². The highest BCUT2D eigenvalue weighted by molar-refractivity contribution is 6.06. The zero-order valence-corrected chi connectivity index (χ0v) is 14.1. The maximum Gasteiger partial charge on any atom is 0.267 e. The van der Waals surface area contributed by atoms with Crippen molar-refractivity contribution in [1.82, 2.24) is 5.32 Å². The van der Waals surface area contributed by atoms with Crippen LogP contribution in [0.4, 0.5) is 5.69 Å². The van der Waals surface area contributed by atoms with Crippen molar-refractivity contribution in [3.63, 3.8) is 0 Å². The number of hydrogen-bond acceptors (Lipinski definition) is 4. The van der Waals surface area contributed by atoms with Crippen LogP contribution >= 0.6 is 0 Å². The van der Waals surface area contributed by atoms with Crippen LogP contribution in [0.25, 0.3) is 0 Å². The standard InChI is InChI=1S/C18H25N3O2/c1-4-23-11-5-10-20-13-16(12-19)18(22)21-17-8-6-15(7-9-17)14(2)3/h6-9,13-14,20H,4-5,10-11H2,1-3H3,(H,21,22)/b16-13-. The summed E-state index contributed by atoms with van der Waals surface area (Å²) in [6, 6.07) is 9.55. The largest absolute Gasteiger partial charge is 0.390 e. The van der Waals surface area contributed by atoms with Crippen LogP contribution in [0.5, 0.6) is 0 Å². The molecular formula is C18H25N3O2. The van der Waals surface area contributed by atoms with E-state index in [-0.39, 0.29) is 5.57 Å². The fourth-order valence-corrected chi connectivity index (χ4v) is 1.89. The predicted octanol–water partition coefficient (Wildman–Crippen LogP) is 3.17. The molecule has 2 N–H and O–H groups in total. The number of amides is 1. The molecule has 0 unspecified atom stereocenters. The van der Waals surface area contributed by atoms with Gasteiger partial charge in [0, 0.05) is 31.6 Å². The fourth-order valence-electron chi connectivity index (χ4n) is 1.89. The maximum absolute atomic E-state index is 12.1. The molecule has 0 bridgehead atoms. The van der Waals surface area contributed by atoms with Crippen LogP contribution in [0.1, 0.15) is 38.7 Å². The molecule has 1 aromatic rings. The van der Waals surface area contributed by atoms with E-state index >= 15 is 0 Å². The van der Waals surface area contributed by atoms with Gasteiger partial charge in [-0.15, -0.1) is 0 Å². The molecule has 5 nitrogen and oxygen atoms in total. The first-order valence-corrected chi connectivity index (χ1v) is 7.91. The summed E-state index contributed by atoms with van der Waals surface area (Å²) in [6.07, 6.45) is 2.27. The number of anilines is 1. The van der Waals surface area contributed by atoms with Crippen LogP contribution < -0.4 is 10.6 Å². The van der Waals surface area contributed by atoms with Gasteiger partial charge in [0.1, 0.15) is 11.6 Å². The average molecular weight is 315 g/mol. The highest BCUT2D eigenvalue weighted by Crippen LogP contribution is 2.17. The Balaban J connectivity index is 2.51. The number of carbonyl (C=O) groups is 1. The maximum atomic E-state index is 12.1. The summed E-state index contributed by atoms with van der Waals surface area (Å²) < 4.78 is 5.21. The minimum atomic E-state index is -0.415. The molecule has 124 valence electrons. The number of nitriles is 1. The van der Waals surface area contributed by atoms with Crippen molar-refractivity contribution in [3.05, 3.63) is 41.6 Å². The number of rotatable bonds is 9. The lowest BCUT2D eigenvalue weighted by Crippen LogP contribution is -2.17. The molecule has 0 spiro atoms. The van der Waals surface area contributed by atoms with Gasteiger partial charge in [-0.1, -0.05) is 26.0 Å². The normalized spacial score (nSPS) is 11.2. The second-order valence-corrected chi connectivity index (χ2v) is 5.41. The van der Waals surface area contributed by atoms with Crippen molar-refractivity contribution in [2.24, 2.45) is 0 Å². The fraction of sp³-hybridized carbons (Fsp3) is 0.444. The van der Waals surface area contributed by atoms with E-state index in [4.69, 9.17) is 10.00 Å². The summed E-state index contributed by atoms with van der Waals surface area (Å²) >= 11 is 0. The van der Waals surface area contributed by atoms with E-state index in [1.807, 2.05) is 37.3 Å². The number of carbonyl (C=O) groups excluding carboxylic acids is 1. The van der Waals surface area contributed by atoms with Crippen LogP contribution in [0, 0.1) is 11.3 Å². The molecule has 5 heteroatoms. The first kappa shape index (κ1) is 18.7. The van der Waals surface area contributed by atoms with Crippen molar-refractivity contribution in [1.29, 1.82) is 5.26 Å². The lowest BCUT2D eigenvalue weighted by Gasteiger charge is -2.08. The first-order valence-electron chi connectivity index (χ1n) is 7.91. The van der Waals surface area contributed by atoms with E-state index in [9.17, 15) is 4.79 Å². The highest BCUT2D eigenvalue weighted by atomic mass is 16.5. The summed E-state index contributed by atoms with van der Waals surface area (Å²) in [6.45, 7) is 8.17. The number of nitrogens with zero attached hydrogens (tertiary/aromatic N) is 1. The Labute approximate surface area is 138 Å². The smallest absolute Gasteiger partial charge is 0.267 e. The molecular weight excluding hydrogens is 290 g/mol. The number of ether oxygens (including phenoxy) is 1. The molecule has 0 aliphatic rings. The van der Waals surface area contributed by atoms with Crippen LogP contribution in [0.15, 0.2) is 36.0 Å². The third kappa shape index (κ3) is 6.98. The zero-order valence-electron chi connectivity index (χ0n) is 14.1. The van der Waals surface area contributed by atoms with Gasteiger partial charge >= 0.3 is 0 Å². The summed E-state index contributed by atoms with van der Waals surface area (Å²) in [7, 11) is 0. The van der Waals surface area contributed by atoms with Crippen molar-refractivity contribution in [3.8, 4) is 6.07 Å². The van der Waals surface area contributed by atoms with Crippen LogP contribution in [0.3, 0.4) is 0 Å². The third-order valence-electron chi connectivity index (χ3n) is 3.26. The van der Waals surface area contributed by atoms with Gasteiger partial charge in [-0.25, -0.2) is 0 Å². The van der Waals surface area contributed by atoms with E-state index in [0.29, 0.717) is 31.4 Å². The van der Waals surface area contributed by atoms with Gasteiger partial charge in [-0.05, 0) is 37.0 Å². The summed E-state index contributed by atoms with van der Waals surface area (Å²) in [5.41, 5.74) is 1.93. The number of hydrogen-bond donors (Lipinski definition) is 2. The Morgan fingerprint density at radius 3 is 2.61 bits per heavy atom. The van der Waals surface area contributed by atoms with Gasteiger partial charge in [-0.2, -0.15) is 5.26 Å². The van der Waals surface area contributed by atoms with Crippen LogP contribution in [0.2, 0.25) is 0 Å². The van der Waals surface area contributed by atoms with Crippen molar-refractivity contribution in [2.45, 2.75) is 33.1 Å². The molecule has 1 amide bonds. The summed E-state index contributed by atoms with van der Waals surface area (Å²) in [5, 5.41) is 14.8. The molecule has 23 heavy (non-hydrogen) atoms. The van der Waals surface area contributed by atoms with E-state index in [0.717, 1.165) is 6.42 Å². The minimum Gasteiger partial charge on any atom is -0.390 e. The lowest BCUT2D eigenvalue weighted by molar-refractivity contribution is -0.112. The summed E-state index contributed by atoms with van der Waals surface area (Å²) in [4.78, 5) is 12.1. The third-order valence-corrected chi connectivity index (χ3v) is 3.26. The van der Waals surface area contributed by atoms with Gasteiger partial charge in [-0.3, -0.25) is 4.79 Å². The predicted molar refractivity (Wildman–Crippen MR) is 92.0 cm³/mol. The molecule has 0 radical (unpaired) electrons. The molecule has 1 aromatic carbocycles. The van der Waals surface area contributed by atoms with Gasteiger partial charge in [0.25, 0.3) is 5.91 Å². The second-order valence-electron chi connectivity index (χ2n) is 5.41. The molecule has 0 saturated carbocycles. The van der Waals surface area contributed by atoms with Gasteiger partial charge in [0.2, 0.25) is 0 Å². The molecule has 0 atom stereocenters. The quantitative estimate of drug-likeness (QED) is 0.417. The second kappa shape index (κ2) is 10.4. The van der Waals surface area contributed by atoms with E-state index in [2.05, 4.69) is 24.5 Å². The van der Waals surface area contributed by atoms with E-state index in [1.165, 1.54) is 11.8 Å². The Hall–Kier alpha value is -2.32. The lowest BCUT2D eigenvalue weighted by atomic mass is 10.0. The summed E-state index contributed by atoms with van der Waals surface area (Å²) in [5.74, 6) is 0.0253. The van der Waals surface area contributed by atoms with Gasteiger partial charge < -0.3 is 15.4 Å². The Morgan fingerprint density at radius 2 is 2.04 bits per heavy atom. The highest BCUT2D eigenvalue weighted by Gasteiger charge is 2.09. The Kier molecular flexibility index (Phi) is 8.48. The van der Waals surface area contributed by atoms with Crippen molar-refractivity contribution in [2.75, 3.05) is 25.1 Å². The molecule has 0 fully saturated rings. The Bertz CT molecular complexity index is 557. The number of nitrogens with one attached hydrogen (secondary N) is 2. The molecule has 0 heterocycles. The number of benzene rings is 1. The zero-order chi connectivity index (χ0) is 17.1. The van der Waals surface area contributed by atoms with Gasteiger partial charge in [0.15, 0.2) is 0 Å². The molecule has 0 aliphatic carbocycles. The first-order chi connectivity index (χ1) is 11.1. The SMILES string of the molecule is CCOCCCN/C=C(/C#N)C(=O)Nc1ccc(C(C)C)cc1. The van der Waals surface area contributed by atoms with Crippen LogP contribution in [-0.2, 0) is 9.53 Å². The van der Waals surface area contributed by atoms with Crippen LogP contribution in [-0.4, -0.2) is 25.7 Å². The van der Waals surface area contributed by atoms with Crippen molar-refractivity contribution >= 4 is 11.6 Å². The van der Waals surface area contributed by atoms with Crippen molar-refractivity contribution < 1.29 is 9.53 Å². The average Bonchev–Trinajstić information content (AvgIpc) is 2.54. The van der Waals surface area contributed by atoms with E-state index < -0.39 is 5.91 Å². The molecule has 1 rings (SSSR count). The Morgan fingerprint density at radius 1 is 1.35 bits per heavy atom. The molecule has 0 aliphatic heterocycles. The minimum absolute atomic E-state index is 0.0503. The molecule has 0 saturated heterocycles. The topological polar surface area (TPSA) is 74.1 Å². The molecule has 0 aromatic heterocycles. The monoisotopic (exact) mass is 315 g/mol.